The van der Waals surface area contributed by atoms with Crippen molar-refractivity contribution in [3.8, 4) is 28.3 Å². The van der Waals surface area contributed by atoms with E-state index < -0.39 is 6.23 Å². The Balaban J connectivity index is 1.11. The maximum atomic E-state index is 12.7. The molecule has 1 spiro atoms. The molecule has 3 N–H and O–H groups in total. The number of anilines is 3. The smallest absolute Gasteiger partial charge is 0.326 e. The summed E-state index contributed by atoms with van der Waals surface area (Å²) in [5.41, 5.74) is 9.24. The van der Waals surface area contributed by atoms with Gasteiger partial charge in [-0.2, -0.15) is 0 Å². The van der Waals surface area contributed by atoms with Crippen molar-refractivity contribution in [2.75, 3.05) is 44.5 Å². The van der Waals surface area contributed by atoms with Gasteiger partial charge in [-0.05, 0) is 68.0 Å². The first-order chi connectivity index (χ1) is 24.0. The van der Waals surface area contributed by atoms with Crippen LogP contribution in [0.15, 0.2) is 48.5 Å². The zero-order valence-corrected chi connectivity index (χ0v) is 29.6. The summed E-state index contributed by atoms with van der Waals surface area (Å²) in [4.78, 5) is 39.6. The van der Waals surface area contributed by atoms with Crippen molar-refractivity contribution in [1.29, 1.82) is 0 Å². The second-order valence-corrected chi connectivity index (χ2v) is 14.4. The molecule has 2 unspecified atom stereocenters. The molecule has 0 radical (unpaired) electrons. The van der Waals surface area contributed by atoms with Gasteiger partial charge in [-0.25, -0.2) is 14.8 Å². The van der Waals surface area contributed by atoms with Gasteiger partial charge in [-0.1, -0.05) is 41.9 Å². The number of hydrogen-bond donors (Lipinski definition) is 3. The SMILES string of the molecule is COc1nc(-c2cccc(-c3cccc(Nc4nc(C)cc5c4C(O)N(C)C(=O)N5C)c3C)c2Cl)cc2c1C(N1CC3(CCC(=O)N3)C1)CC2. The quantitative estimate of drug-likeness (QED) is 0.216. The van der Waals surface area contributed by atoms with Crippen molar-refractivity contribution in [3.63, 3.8) is 0 Å². The number of carbonyl (C=O) groups is 2. The molecule has 3 aliphatic heterocycles. The summed E-state index contributed by atoms with van der Waals surface area (Å²) in [5, 5.41) is 18.3. The first-order valence-corrected chi connectivity index (χ1v) is 17.4. The number of halogens is 1. The maximum absolute atomic E-state index is 12.7. The molecule has 2 aromatic heterocycles. The highest BCUT2D eigenvalue weighted by Gasteiger charge is 2.51. The second-order valence-electron chi connectivity index (χ2n) is 14.0. The lowest BCUT2D eigenvalue weighted by Gasteiger charge is -2.50. The first kappa shape index (κ1) is 32.5. The highest BCUT2D eigenvalue weighted by Crippen LogP contribution is 2.48. The van der Waals surface area contributed by atoms with Gasteiger partial charge in [0.15, 0.2) is 6.23 Å². The largest absolute Gasteiger partial charge is 0.481 e. The summed E-state index contributed by atoms with van der Waals surface area (Å²) in [7, 11) is 4.93. The van der Waals surface area contributed by atoms with Crippen LogP contribution in [0.4, 0.5) is 22.0 Å². The molecule has 2 saturated heterocycles. The van der Waals surface area contributed by atoms with Gasteiger partial charge in [-0.15, -0.1) is 0 Å². The van der Waals surface area contributed by atoms with E-state index >= 15 is 0 Å². The Hall–Kier alpha value is -4.71. The zero-order valence-electron chi connectivity index (χ0n) is 28.8. The number of ether oxygens (including phenoxy) is 1. The van der Waals surface area contributed by atoms with Crippen LogP contribution in [-0.4, -0.2) is 76.6 Å². The number of nitrogens with one attached hydrogen (secondary N) is 2. The molecule has 4 aromatic rings. The van der Waals surface area contributed by atoms with Crippen molar-refractivity contribution in [2.45, 2.75) is 57.3 Å². The molecule has 0 saturated carbocycles. The number of pyridine rings is 2. The minimum atomic E-state index is -1.15. The van der Waals surface area contributed by atoms with Crippen molar-refractivity contribution in [3.05, 3.63) is 81.5 Å². The van der Waals surface area contributed by atoms with Gasteiger partial charge in [0, 0.05) is 67.7 Å². The van der Waals surface area contributed by atoms with Crippen LogP contribution in [0.25, 0.3) is 22.4 Å². The Kier molecular flexibility index (Phi) is 7.78. The number of aryl methyl sites for hydroxylation is 2. The average molecular weight is 694 g/mol. The van der Waals surface area contributed by atoms with E-state index in [1.54, 1.807) is 21.2 Å². The molecule has 11 nitrogen and oxygen atoms in total. The van der Waals surface area contributed by atoms with Crippen LogP contribution in [0.1, 0.15) is 59.5 Å². The van der Waals surface area contributed by atoms with Crippen LogP contribution in [-0.2, 0) is 11.2 Å². The number of benzene rings is 2. The normalized spacial score (nSPS) is 20.9. The van der Waals surface area contributed by atoms with Crippen LogP contribution in [0.3, 0.4) is 0 Å². The van der Waals surface area contributed by atoms with Gasteiger partial charge >= 0.3 is 6.03 Å². The molecule has 50 heavy (non-hydrogen) atoms. The number of nitrogens with zero attached hydrogens (tertiary/aromatic N) is 5. The van der Waals surface area contributed by atoms with E-state index in [0.29, 0.717) is 40.1 Å². The molecule has 2 atom stereocenters. The number of carbonyl (C=O) groups excluding carboxylic acids is 2. The van der Waals surface area contributed by atoms with Gasteiger partial charge in [-0.3, -0.25) is 19.5 Å². The number of fused-ring (bicyclic) bond motifs is 2. The van der Waals surface area contributed by atoms with E-state index in [0.717, 1.165) is 71.6 Å². The third-order valence-corrected chi connectivity index (χ3v) is 11.3. The maximum Gasteiger partial charge on any atom is 0.326 e. The molecule has 3 amide bonds. The summed E-state index contributed by atoms with van der Waals surface area (Å²) >= 11 is 7.25. The second kappa shape index (κ2) is 12.0. The molecular formula is C38H40ClN7O4. The molecule has 0 bridgehead atoms. The highest BCUT2D eigenvalue weighted by atomic mass is 35.5. The number of rotatable bonds is 6. The molecule has 2 aromatic carbocycles. The lowest BCUT2D eigenvalue weighted by atomic mass is 9.86. The van der Waals surface area contributed by atoms with Crippen molar-refractivity contribution in [2.24, 2.45) is 0 Å². The molecular weight excluding hydrogens is 654 g/mol. The van der Waals surface area contributed by atoms with Gasteiger partial charge in [0.2, 0.25) is 11.8 Å². The van der Waals surface area contributed by atoms with Crippen molar-refractivity contribution >= 4 is 40.7 Å². The Morgan fingerprint density at radius 1 is 1.00 bits per heavy atom. The fourth-order valence-corrected chi connectivity index (χ4v) is 8.59. The Morgan fingerprint density at radius 2 is 1.74 bits per heavy atom. The fraction of sp³-hybridized carbons (Fsp3) is 0.368. The van der Waals surface area contributed by atoms with E-state index in [-0.39, 0.29) is 23.5 Å². The Labute approximate surface area is 296 Å². The van der Waals surface area contributed by atoms with Gasteiger partial charge in [0.1, 0.15) is 5.82 Å². The number of amides is 3. The van der Waals surface area contributed by atoms with Crippen LogP contribution in [0.2, 0.25) is 5.02 Å². The monoisotopic (exact) mass is 693 g/mol. The lowest BCUT2D eigenvalue weighted by Crippen LogP contribution is -2.67. The number of aliphatic hydroxyl groups excluding tert-OH is 1. The highest BCUT2D eigenvalue weighted by molar-refractivity contribution is 6.36. The molecule has 5 heterocycles. The topological polar surface area (TPSA) is 123 Å². The van der Waals surface area contributed by atoms with Crippen molar-refractivity contribution < 1.29 is 19.4 Å². The summed E-state index contributed by atoms with van der Waals surface area (Å²) in [6.07, 6.45) is 2.25. The summed E-state index contributed by atoms with van der Waals surface area (Å²) < 4.78 is 5.92. The molecule has 258 valence electrons. The Morgan fingerprint density at radius 3 is 2.48 bits per heavy atom. The number of urea groups is 1. The van der Waals surface area contributed by atoms with E-state index in [4.69, 9.17) is 26.3 Å². The summed E-state index contributed by atoms with van der Waals surface area (Å²) in [5.74, 6) is 1.25. The Bertz CT molecular complexity index is 2080. The van der Waals surface area contributed by atoms with Gasteiger partial charge in [0.05, 0.1) is 34.6 Å². The summed E-state index contributed by atoms with van der Waals surface area (Å²) in [6.45, 7) is 5.59. The van der Waals surface area contributed by atoms with E-state index in [2.05, 4.69) is 21.6 Å². The lowest BCUT2D eigenvalue weighted by molar-refractivity contribution is -0.121. The number of methoxy groups -OCH3 is 1. The van der Waals surface area contributed by atoms with Gasteiger partial charge < -0.3 is 20.5 Å². The first-order valence-electron chi connectivity index (χ1n) is 17.0. The molecule has 1 aliphatic carbocycles. The average Bonchev–Trinajstić information content (AvgIpc) is 3.70. The van der Waals surface area contributed by atoms with Crippen LogP contribution in [0, 0.1) is 13.8 Å². The number of likely N-dealkylation sites (tertiary alicyclic amines) is 1. The third-order valence-electron chi connectivity index (χ3n) is 10.9. The molecule has 4 aliphatic rings. The fourth-order valence-electron chi connectivity index (χ4n) is 8.26. The van der Waals surface area contributed by atoms with Crippen LogP contribution in [0.5, 0.6) is 5.88 Å². The van der Waals surface area contributed by atoms with Crippen LogP contribution < -0.4 is 20.3 Å². The number of aromatic nitrogens is 2. The minimum Gasteiger partial charge on any atom is -0.481 e. The van der Waals surface area contributed by atoms with Crippen LogP contribution >= 0.6 is 11.6 Å². The van der Waals surface area contributed by atoms with Gasteiger partial charge in [0.25, 0.3) is 0 Å². The predicted octanol–water partition coefficient (Wildman–Crippen LogP) is 6.28. The predicted molar refractivity (Wildman–Crippen MR) is 193 cm³/mol. The molecule has 8 rings (SSSR count). The summed E-state index contributed by atoms with van der Waals surface area (Å²) in [6, 6.07) is 15.8. The number of aliphatic hydroxyl groups is 1. The van der Waals surface area contributed by atoms with E-state index in [1.165, 1.54) is 15.4 Å². The standard InChI is InChI=1S/C38H40ClN7O4/c1-20-16-29-32(36(48)45(4)37(49)44(29)3)34(40-20)41-26-11-7-8-23(21(26)2)24-9-6-10-25(33(24)39)27-17-22-12-13-28(31(22)35(42-27)50-5)46-18-38(19-46)15-14-30(47)43-38/h6-11,16-17,28,36,48H,12-15,18-19H2,1-5H3,(H,40,41)(H,43,47). The minimum absolute atomic E-state index is 0.0789. The van der Waals surface area contributed by atoms with E-state index in [9.17, 15) is 14.7 Å². The van der Waals surface area contributed by atoms with Crippen molar-refractivity contribution in [1.82, 2.24) is 25.1 Å². The third kappa shape index (κ3) is 5.09. The van der Waals surface area contributed by atoms with E-state index in [1.807, 2.05) is 56.3 Å². The zero-order chi connectivity index (χ0) is 35.1. The number of hydrogen-bond acceptors (Lipinski definition) is 8. The molecule has 12 heteroatoms. The molecule has 2 fully saturated rings.